The minimum Gasteiger partial charge on any atom is -0.326 e. The van der Waals surface area contributed by atoms with Crippen molar-refractivity contribution in [1.29, 1.82) is 0 Å². The summed E-state index contributed by atoms with van der Waals surface area (Å²) < 4.78 is 0. The lowest BCUT2D eigenvalue weighted by atomic mass is 9.95. The number of carbonyl (C=O) groups excluding carboxylic acids is 2. The zero-order valence-electron chi connectivity index (χ0n) is 14.9. The molecule has 3 aromatic rings. The molecule has 3 heteroatoms. The summed E-state index contributed by atoms with van der Waals surface area (Å²) in [6.07, 6.45) is 0. The molecule has 0 fully saturated rings. The third kappa shape index (κ3) is 4.06. The van der Waals surface area contributed by atoms with Crippen molar-refractivity contribution >= 4 is 17.4 Å². The Morgan fingerprint density at radius 3 is 2.23 bits per heavy atom. The Morgan fingerprint density at radius 2 is 1.50 bits per heavy atom. The molecule has 0 spiro atoms. The summed E-state index contributed by atoms with van der Waals surface area (Å²) in [4.78, 5) is 25.2. The van der Waals surface area contributed by atoms with Gasteiger partial charge in [-0.25, -0.2) is 0 Å². The number of anilines is 1. The molecule has 0 aliphatic carbocycles. The molecule has 130 valence electrons. The minimum absolute atomic E-state index is 0.0428. The second-order valence-electron chi connectivity index (χ2n) is 6.40. The van der Waals surface area contributed by atoms with Crippen molar-refractivity contribution < 1.29 is 9.59 Å². The molecule has 0 aliphatic heterocycles. The van der Waals surface area contributed by atoms with Gasteiger partial charge in [0.2, 0.25) is 5.91 Å². The topological polar surface area (TPSA) is 46.2 Å². The quantitative estimate of drug-likeness (QED) is 0.665. The Balaban J connectivity index is 1.78. The second kappa shape index (κ2) is 7.79. The molecule has 3 rings (SSSR count). The Hall–Kier alpha value is -3.20. The molecule has 3 nitrogen and oxygen atoms in total. The van der Waals surface area contributed by atoms with Crippen LogP contribution in [0.2, 0.25) is 0 Å². The number of rotatable bonds is 5. The Bertz CT molecular complexity index is 932. The van der Waals surface area contributed by atoms with Crippen LogP contribution in [0.25, 0.3) is 0 Å². The highest BCUT2D eigenvalue weighted by Gasteiger charge is 2.17. The first-order valence-electron chi connectivity index (χ1n) is 8.62. The van der Waals surface area contributed by atoms with E-state index in [1.807, 2.05) is 68.4 Å². The lowest BCUT2D eigenvalue weighted by Crippen LogP contribution is -2.19. The molecule has 0 aromatic heterocycles. The van der Waals surface area contributed by atoms with Crippen molar-refractivity contribution in [3.05, 3.63) is 101 Å². The van der Waals surface area contributed by atoms with Crippen molar-refractivity contribution in [2.45, 2.75) is 19.8 Å². The van der Waals surface area contributed by atoms with Crippen LogP contribution >= 0.6 is 0 Å². The predicted octanol–water partition coefficient (Wildman–Crippen LogP) is 4.97. The van der Waals surface area contributed by atoms with Crippen LogP contribution in [-0.4, -0.2) is 11.7 Å². The molecule has 0 bridgehead atoms. The Labute approximate surface area is 153 Å². The second-order valence-corrected chi connectivity index (χ2v) is 6.40. The van der Waals surface area contributed by atoms with Crippen molar-refractivity contribution in [3.8, 4) is 0 Å². The van der Waals surface area contributed by atoms with Gasteiger partial charge < -0.3 is 5.32 Å². The molecule has 0 unspecified atom stereocenters. The third-order valence-corrected chi connectivity index (χ3v) is 4.36. The van der Waals surface area contributed by atoms with Crippen LogP contribution < -0.4 is 5.32 Å². The molecule has 0 saturated carbocycles. The van der Waals surface area contributed by atoms with Gasteiger partial charge in [0.15, 0.2) is 5.78 Å². The van der Waals surface area contributed by atoms with Gasteiger partial charge in [0, 0.05) is 16.8 Å². The average Bonchev–Trinajstić information content (AvgIpc) is 2.67. The standard InChI is InChI=1S/C23H21NO2/c1-16-8-6-13-21(14-16)24-23(26)17(2)19-11-7-12-20(15-19)22(25)18-9-4-3-5-10-18/h3-15,17H,1-2H3,(H,24,26)/t17-/m1/s1. The van der Waals surface area contributed by atoms with Gasteiger partial charge in [-0.1, -0.05) is 60.7 Å². The summed E-state index contributed by atoms with van der Waals surface area (Å²) in [6, 6.07) is 24.1. The maximum atomic E-state index is 12.6. The number of carbonyl (C=O) groups is 2. The minimum atomic E-state index is -0.362. The first-order chi connectivity index (χ1) is 12.5. The molecule has 0 saturated heterocycles. The summed E-state index contributed by atoms with van der Waals surface area (Å²) in [5.74, 6) is -0.502. The lowest BCUT2D eigenvalue weighted by Gasteiger charge is -2.14. The summed E-state index contributed by atoms with van der Waals surface area (Å²) in [5.41, 5.74) is 3.91. The van der Waals surface area contributed by atoms with Crippen LogP contribution in [0.15, 0.2) is 78.9 Å². The first-order valence-corrected chi connectivity index (χ1v) is 8.62. The van der Waals surface area contributed by atoms with Crippen molar-refractivity contribution in [2.75, 3.05) is 5.32 Å². The van der Waals surface area contributed by atoms with Crippen molar-refractivity contribution in [2.24, 2.45) is 0 Å². The highest BCUT2D eigenvalue weighted by atomic mass is 16.2. The summed E-state index contributed by atoms with van der Waals surface area (Å²) in [7, 11) is 0. The largest absolute Gasteiger partial charge is 0.326 e. The van der Waals surface area contributed by atoms with Gasteiger partial charge in [-0.3, -0.25) is 9.59 Å². The Kier molecular flexibility index (Phi) is 5.28. The molecule has 26 heavy (non-hydrogen) atoms. The van der Waals surface area contributed by atoms with Gasteiger partial charge in [-0.05, 0) is 43.2 Å². The van der Waals surface area contributed by atoms with E-state index in [4.69, 9.17) is 0 Å². The van der Waals surface area contributed by atoms with E-state index in [1.54, 1.807) is 24.3 Å². The number of aryl methyl sites for hydroxylation is 1. The SMILES string of the molecule is Cc1cccc(NC(=O)[C@H](C)c2cccc(C(=O)c3ccccc3)c2)c1. The number of hydrogen-bond donors (Lipinski definition) is 1. The highest BCUT2D eigenvalue weighted by molar-refractivity contribution is 6.09. The molecular formula is C23H21NO2. The first kappa shape index (κ1) is 17.6. The maximum absolute atomic E-state index is 12.6. The molecule has 0 aliphatic rings. The van der Waals surface area contributed by atoms with Gasteiger partial charge in [0.1, 0.15) is 0 Å². The van der Waals surface area contributed by atoms with E-state index in [0.29, 0.717) is 11.1 Å². The van der Waals surface area contributed by atoms with Crippen LogP contribution in [0.3, 0.4) is 0 Å². The van der Waals surface area contributed by atoms with Gasteiger partial charge in [0.25, 0.3) is 0 Å². The zero-order valence-corrected chi connectivity index (χ0v) is 14.9. The smallest absolute Gasteiger partial charge is 0.231 e. The fourth-order valence-corrected chi connectivity index (χ4v) is 2.83. The van der Waals surface area contributed by atoms with E-state index < -0.39 is 0 Å². The number of ketones is 1. The van der Waals surface area contributed by atoms with Crippen LogP contribution in [0, 0.1) is 6.92 Å². The zero-order chi connectivity index (χ0) is 18.5. The third-order valence-electron chi connectivity index (χ3n) is 4.36. The predicted molar refractivity (Wildman–Crippen MR) is 105 cm³/mol. The van der Waals surface area contributed by atoms with E-state index in [-0.39, 0.29) is 17.6 Å². The van der Waals surface area contributed by atoms with E-state index in [9.17, 15) is 9.59 Å². The summed E-state index contributed by atoms with van der Waals surface area (Å²) >= 11 is 0. The van der Waals surface area contributed by atoms with Crippen molar-refractivity contribution in [1.82, 2.24) is 0 Å². The van der Waals surface area contributed by atoms with Crippen LogP contribution in [-0.2, 0) is 4.79 Å². The molecule has 0 heterocycles. The van der Waals surface area contributed by atoms with Gasteiger partial charge in [-0.15, -0.1) is 0 Å². The normalized spacial score (nSPS) is 11.6. The summed E-state index contributed by atoms with van der Waals surface area (Å²) in [5, 5.41) is 2.94. The van der Waals surface area contributed by atoms with Crippen LogP contribution in [0.5, 0.6) is 0 Å². The Morgan fingerprint density at radius 1 is 0.808 bits per heavy atom. The van der Waals surface area contributed by atoms with Gasteiger partial charge in [0.05, 0.1) is 5.92 Å². The molecule has 1 N–H and O–H groups in total. The van der Waals surface area contributed by atoms with Crippen LogP contribution in [0.4, 0.5) is 5.69 Å². The average molecular weight is 343 g/mol. The lowest BCUT2D eigenvalue weighted by molar-refractivity contribution is -0.117. The molecule has 1 amide bonds. The molecular weight excluding hydrogens is 322 g/mol. The number of amides is 1. The maximum Gasteiger partial charge on any atom is 0.231 e. The van der Waals surface area contributed by atoms with Crippen LogP contribution in [0.1, 0.15) is 39.9 Å². The summed E-state index contributed by atoms with van der Waals surface area (Å²) in [6.45, 7) is 3.83. The molecule has 0 radical (unpaired) electrons. The van der Waals surface area contributed by atoms with E-state index >= 15 is 0 Å². The van der Waals surface area contributed by atoms with E-state index in [1.165, 1.54) is 0 Å². The van der Waals surface area contributed by atoms with E-state index in [0.717, 1.165) is 16.8 Å². The highest BCUT2D eigenvalue weighted by Crippen LogP contribution is 2.21. The fourth-order valence-electron chi connectivity index (χ4n) is 2.83. The van der Waals surface area contributed by atoms with Crippen molar-refractivity contribution in [3.63, 3.8) is 0 Å². The number of benzene rings is 3. The molecule has 1 atom stereocenters. The monoisotopic (exact) mass is 343 g/mol. The number of hydrogen-bond acceptors (Lipinski definition) is 2. The van der Waals surface area contributed by atoms with E-state index in [2.05, 4.69) is 5.32 Å². The van der Waals surface area contributed by atoms with Gasteiger partial charge in [-0.2, -0.15) is 0 Å². The number of nitrogens with one attached hydrogen (secondary N) is 1. The van der Waals surface area contributed by atoms with Gasteiger partial charge >= 0.3 is 0 Å². The molecule has 3 aromatic carbocycles. The fraction of sp³-hybridized carbons (Fsp3) is 0.130.